The van der Waals surface area contributed by atoms with E-state index in [1.165, 1.54) is 0 Å². The monoisotopic (exact) mass is 204 g/mol. The number of rotatable bonds is 3. The number of fused-ring (bicyclic) bond motifs is 1. The second-order valence-electron chi connectivity index (χ2n) is 3.47. The summed E-state index contributed by atoms with van der Waals surface area (Å²) in [5.41, 5.74) is 1.80. The van der Waals surface area contributed by atoms with Crippen molar-refractivity contribution in [2.24, 2.45) is 0 Å². The minimum atomic E-state index is -0.310. The normalized spacial score (nSPS) is 13.7. The molecule has 2 amide bonds. The zero-order valence-electron chi connectivity index (χ0n) is 8.46. The Labute approximate surface area is 87.7 Å². The van der Waals surface area contributed by atoms with E-state index >= 15 is 0 Å². The van der Waals surface area contributed by atoms with E-state index in [1.807, 2.05) is 6.07 Å². The number of hydrogen-bond donors (Lipinski definition) is 2. The first-order valence-electron chi connectivity index (χ1n) is 4.96. The Morgan fingerprint density at radius 3 is 2.67 bits per heavy atom. The summed E-state index contributed by atoms with van der Waals surface area (Å²) in [6, 6.07) is 5.20. The fourth-order valence-corrected chi connectivity index (χ4v) is 1.55. The van der Waals surface area contributed by atoms with Gasteiger partial charge < -0.3 is 5.32 Å². The second kappa shape index (κ2) is 3.73. The molecular formula is C11H12N2O2. The molecule has 15 heavy (non-hydrogen) atoms. The largest absolute Gasteiger partial charge is 0.385 e. The Morgan fingerprint density at radius 1 is 1.20 bits per heavy atom. The number of amides is 2. The second-order valence-corrected chi connectivity index (χ2v) is 3.47. The van der Waals surface area contributed by atoms with Gasteiger partial charge in [-0.15, -0.1) is 0 Å². The van der Waals surface area contributed by atoms with Crippen LogP contribution >= 0.6 is 0 Å². The molecule has 0 unspecified atom stereocenters. The molecule has 0 aliphatic carbocycles. The van der Waals surface area contributed by atoms with E-state index in [1.54, 1.807) is 12.1 Å². The molecule has 1 aromatic carbocycles. The van der Waals surface area contributed by atoms with Crippen LogP contribution in [0.3, 0.4) is 0 Å². The third-order valence-electron chi connectivity index (χ3n) is 2.32. The average molecular weight is 204 g/mol. The van der Waals surface area contributed by atoms with Gasteiger partial charge in [-0.25, -0.2) is 0 Å². The third-order valence-corrected chi connectivity index (χ3v) is 2.32. The van der Waals surface area contributed by atoms with Crippen molar-refractivity contribution in [1.82, 2.24) is 5.32 Å². The van der Waals surface area contributed by atoms with Gasteiger partial charge in [-0.3, -0.25) is 14.9 Å². The Balaban J connectivity index is 2.30. The maximum atomic E-state index is 11.3. The van der Waals surface area contributed by atoms with E-state index in [2.05, 4.69) is 17.6 Å². The summed E-state index contributed by atoms with van der Waals surface area (Å²) in [5.74, 6) is -0.618. The summed E-state index contributed by atoms with van der Waals surface area (Å²) in [6.45, 7) is 2.92. The minimum Gasteiger partial charge on any atom is -0.385 e. The van der Waals surface area contributed by atoms with Crippen molar-refractivity contribution < 1.29 is 9.59 Å². The molecular weight excluding hydrogens is 192 g/mol. The summed E-state index contributed by atoms with van der Waals surface area (Å²) in [4.78, 5) is 22.6. The Bertz CT molecular complexity index is 427. The number of imide groups is 1. The maximum absolute atomic E-state index is 11.3. The molecule has 2 rings (SSSR count). The van der Waals surface area contributed by atoms with Gasteiger partial charge in [0.2, 0.25) is 0 Å². The highest BCUT2D eigenvalue weighted by molar-refractivity contribution is 6.21. The fraction of sp³-hybridized carbons (Fsp3) is 0.273. The zero-order valence-corrected chi connectivity index (χ0v) is 8.46. The van der Waals surface area contributed by atoms with Gasteiger partial charge in [-0.1, -0.05) is 6.92 Å². The van der Waals surface area contributed by atoms with Crippen molar-refractivity contribution in [3.8, 4) is 0 Å². The molecule has 0 spiro atoms. The highest BCUT2D eigenvalue weighted by atomic mass is 16.2. The highest BCUT2D eigenvalue weighted by Crippen LogP contribution is 2.19. The van der Waals surface area contributed by atoms with Gasteiger partial charge in [0, 0.05) is 12.2 Å². The molecule has 0 saturated heterocycles. The predicted molar refractivity (Wildman–Crippen MR) is 57.0 cm³/mol. The van der Waals surface area contributed by atoms with Crippen LogP contribution in [-0.2, 0) is 0 Å². The van der Waals surface area contributed by atoms with Crippen molar-refractivity contribution in [1.29, 1.82) is 0 Å². The van der Waals surface area contributed by atoms with Crippen molar-refractivity contribution in [2.45, 2.75) is 13.3 Å². The molecule has 1 aliphatic heterocycles. The predicted octanol–water partition coefficient (Wildman–Crippen LogP) is 1.39. The average Bonchev–Trinajstić information content (AvgIpc) is 2.52. The first kappa shape index (κ1) is 9.71. The van der Waals surface area contributed by atoms with E-state index in [-0.39, 0.29) is 11.8 Å². The van der Waals surface area contributed by atoms with Crippen LogP contribution in [0.5, 0.6) is 0 Å². The fourth-order valence-electron chi connectivity index (χ4n) is 1.55. The van der Waals surface area contributed by atoms with Crippen LogP contribution < -0.4 is 10.6 Å². The SMILES string of the molecule is CCCNc1ccc2c(c1)C(=O)NC2=O. The Morgan fingerprint density at radius 2 is 1.93 bits per heavy atom. The lowest BCUT2D eigenvalue weighted by Gasteiger charge is -2.04. The Hall–Kier alpha value is -1.84. The summed E-state index contributed by atoms with van der Waals surface area (Å²) in [5, 5.41) is 5.43. The van der Waals surface area contributed by atoms with Gasteiger partial charge in [-0.05, 0) is 24.6 Å². The zero-order chi connectivity index (χ0) is 10.8. The van der Waals surface area contributed by atoms with Gasteiger partial charge in [0.25, 0.3) is 11.8 Å². The molecule has 1 heterocycles. The van der Waals surface area contributed by atoms with Crippen molar-refractivity contribution in [2.75, 3.05) is 11.9 Å². The Kier molecular flexibility index (Phi) is 2.41. The van der Waals surface area contributed by atoms with Gasteiger partial charge >= 0.3 is 0 Å². The minimum absolute atomic E-state index is 0.308. The molecule has 4 nitrogen and oxygen atoms in total. The number of carbonyl (C=O) groups excluding carboxylic acids is 2. The topological polar surface area (TPSA) is 58.2 Å². The molecule has 0 bridgehead atoms. The molecule has 1 aliphatic rings. The first-order valence-corrected chi connectivity index (χ1v) is 4.96. The number of hydrogen-bond acceptors (Lipinski definition) is 3. The number of benzene rings is 1. The highest BCUT2D eigenvalue weighted by Gasteiger charge is 2.26. The van der Waals surface area contributed by atoms with E-state index in [0.717, 1.165) is 18.7 Å². The van der Waals surface area contributed by atoms with Gasteiger partial charge in [0.1, 0.15) is 0 Å². The summed E-state index contributed by atoms with van der Waals surface area (Å²) in [7, 11) is 0. The van der Waals surface area contributed by atoms with Gasteiger partial charge in [0.15, 0.2) is 0 Å². The van der Waals surface area contributed by atoms with E-state index in [9.17, 15) is 9.59 Å². The van der Waals surface area contributed by atoms with Crippen LogP contribution in [0.25, 0.3) is 0 Å². The number of nitrogens with one attached hydrogen (secondary N) is 2. The molecule has 0 fully saturated rings. The molecule has 0 radical (unpaired) electrons. The number of anilines is 1. The van der Waals surface area contributed by atoms with E-state index in [4.69, 9.17) is 0 Å². The van der Waals surface area contributed by atoms with Crippen LogP contribution in [-0.4, -0.2) is 18.4 Å². The summed E-state index contributed by atoms with van der Waals surface area (Å²) < 4.78 is 0. The van der Waals surface area contributed by atoms with Crippen LogP contribution in [0, 0.1) is 0 Å². The lowest BCUT2D eigenvalue weighted by Crippen LogP contribution is -2.19. The molecule has 2 N–H and O–H groups in total. The molecule has 0 aromatic heterocycles. The molecule has 78 valence electrons. The quantitative estimate of drug-likeness (QED) is 0.731. The smallest absolute Gasteiger partial charge is 0.259 e. The standard InChI is InChI=1S/C11H12N2O2/c1-2-5-12-7-3-4-8-9(6-7)11(15)13-10(8)14/h3-4,6,12H,2,5H2,1H3,(H,13,14,15). The first-order chi connectivity index (χ1) is 7.22. The van der Waals surface area contributed by atoms with Gasteiger partial charge in [0.05, 0.1) is 11.1 Å². The van der Waals surface area contributed by atoms with Crippen LogP contribution in [0.2, 0.25) is 0 Å². The molecule has 0 atom stereocenters. The summed E-state index contributed by atoms with van der Waals surface area (Å²) in [6.07, 6.45) is 1.02. The maximum Gasteiger partial charge on any atom is 0.259 e. The molecule has 4 heteroatoms. The lowest BCUT2D eigenvalue weighted by molar-refractivity contribution is 0.0879. The van der Waals surface area contributed by atoms with Crippen molar-refractivity contribution in [3.05, 3.63) is 29.3 Å². The van der Waals surface area contributed by atoms with Crippen LogP contribution in [0.4, 0.5) is 5.69 Å². The van der Waals surface area contributed by atoms with Crippen molar-refractivity contribution in [3.63, 3.8) is 0 Å². The van der Waals surface area contributed by atoms with Crippen molar-refractivity contribution >= 4 is 17.5 Å². The van der Waals surface area contributed by atoms with Crippen LogP contribution in [0.1, 0.15) is 34.1 Å². The van der Waals surface area contributed by atoms with Gasteiger partial charge in [-0.2, -0.15) is 0 Å². The van der Waals surface area contributed by atoms with E-state index < -0.39 is 0 Å². The number of carbonyl (C=O) groups is 2. The van der Waals surface area contributed by atoms with E-state index in [0.29, 0.717) is 11.1 Å². The lowest BCUT2D eigenvalue weighted by atomic mass is 10.1. The summed E-state index contributed by atoms with van der Waals surface area (Å²) >= 11 is 0. The third kappa shape index (κ3) is 1.70. The van der Waals surface area contributed by atoms with Crippen LogP contribution in [0.15, 0.2) is 18.2 Å². The molecule has 0 saturated carbocycles. The molecule has 1 aromatic rings.